The number of aromatic nitrogens is 2. The molecule has 1 aliphatic carbocycles. The molecule has 0 spiro atoms. The zero-order valence-corrected chi connectivity index (χ0v) is 24.0. The largest absolute Gasteiger partial charge is 0.493 e. The van der Waals surface area contributed by atoms with Crippen LogP contribution in [0.2, 0.25) is 0 Å². The number of rotatable bonds is 7. The number of ketones is 1. The first kappa shape index (κ1) is 27.3. The van der Waals surface area contributed by atoms with Crippen LogP contribution in [-0.2, 0) is 4.79 Å². The van der Waals surface area contributed by atoms with Gasteiger partial charge < -0.3 is 24.7 Å². The molecule has 0 bridgehead atoms. The molecule has 2 heterocycles. The summed E-state index contributed by atoms with van der Waals surface area (Å²) in [6, 6.07) is 19.5. The SMILES string of the molecule is COc1ccc(C2C3=C(CC(C)(C)CC3=O)Oc3ncnc(/N=C(\N)COc4ccc5ccccc5c4)c32)cc1OC. The number of nitrogens with two attached hydrogens (primary N) is 1. The van der Waals surface area contributed by atoms with Gasteiger partial charge in [0.1, 0.15) is 30.3 Å². The Labute approximate surface area is 244 Å². The maximum absolute atomic E-state index is 13.7. The summed E-state index contributed by atoms with van der Waals surface area (Å²) in [5.41, 5.74) is 8.06. The molecule has 0 saturated carbocycles. The highest BCUT2D eigenvalue weighted by Crippen LogP contribution is 2.52. The Morgan fingerprint density at radius 1 is 1.00 bits per heavy atom. The zero-order valence-electron chi connectivity index (χ0n) is 24.0. The summed E-state index contributed by atoms with van der Waals surface area (Å²) in [5.74, 6) is 2.75. The Kier molecular flexibility index (Phi) is 7.02. The van der Waals surface area contributed by atoms with Crippen LogP contribution in [0.25, 0.3) is 10.8 Å². The molecule has 1 atom stereocenters. The van der Waals surface area contributed by atoms with Gasteiger partial charge in [0.15, 0.2) is 23.1 Å². The van der Waals surface area contributed by atoms with Crippen molar-refractivity contribution in [1.29, 1.82) is 0 Å². The Balaban J connectivity index is 1.40. The lowest BCUT2D eigenvalue weighted by molar-refractivity contribution is -0.118. The topological polar surface area (TPSA) is 118 Å². The molecule has 9 nitrogen and oxygen atoms in total. The van der Waals surface area contributed by atoms with E-state index >= 15 is 0 Å². The fourth-order valence-electron chi connectivity index (χ4n) is 5.69. The van der Waals surface area contributed by atoms with Crippen molar-refractivity contribution in [2.24, 2.45) is 16.1 Å². The normalized spacial score (nSPS) is 17.8. The molecule has 0 saturated heterocycles. The van der Waals surface area contributed by atoms with Gasteiger partial charge in [-0.1, -0.05) is 50.2 Å². The van der Waals surface area contributed by atoms with Crippen LogP contribution >= 0.6 is 0 Å². The van der Waals surface area contributed by atoms with E-state index in [0.29, 0.717) is 58.7 Å². The first-order valence-electron chi connectivity index (χ1n) is 13.7. The van der Waals surface area contributed by atoms with Crippen LogP contribution in [-0.4, -0.2) is 42.4 Å². The van der Waals surface area contributed by atoms with Crippen molar-refractivity contribution >= 4 is 28.2 Å². The first-order chi connectivity index (χ1) is 20.3. The molecule has 1 aliphatic heterocycles. The fourth-order valence-corrected chi connectivity index (χ4v) is 5.69. The van der Waals surface area contributed by atoms with Crippen molar-refractivity contribution < 1.29 is 23.7 Å². The van der Waals surface area contributed by atoms with E-state index in [4.69, 9.17) is 24.7 Å². The Morgan fingerprint density at radius 3 is 2.57 bits per heavy atom. The predicted molar refractivity (Wildman–Crippen MR) is 160 cm³/mol. The van der Waals surface area contributed by atoms with Crippen molar-refractivity contribution in [2.45, 2.75) is 32.6 Å². The standard InChI is InChI=1S/C33H32N4O5/c1-33(2)15-23(38)29-26(16-33)42-32-30(28(29)21-10-12-24(39-3)25(14-21)40-4)31(35-18-36-32)37-27(34)17-41-22-11-9-19-7-5-6-8-20(19)13-22/h5-14,18,28H,15-17H2,1-4H3,(H2,34,35,36,37). The number of benzene rings is 3. The molecule has 0 amide bonds. The number of carbonyl (C=O) groups excluding carboxylic acids is 1. The molecule has 0 fully saturated rings. The highest BCUT2D eigenvalue weighted by atomic mass is 16.5. The van der Waals surface area contributed by atoms with Crippen molar-refractivity contribution in [3.63, 3.8) is 0 Å². The third-order valence-corrected chi connectivity index (χ3v) is 7.60. The first-order valence-corrected chi connectivity index (χ1v) is 13.7. The summed E-state index contributed by atoms with van der Waals surface area (Å²) in [5, 5.41) is 2.18. The highest BCUT2D eigenvalue weighted by molar-refractivity contribution is 6.00. The molecule has 0 radical (unpaired) electrons. The maximum Gasteiger partial charge on any atom is 0.228 e. The summed E-state index contributed by atoms with van der Waals surface area (Å²) < 4.78 is 23.3. The quantitative estimate of drug-likeness (QED) is 0.218. The summed E-state index contributed by atoms with van der Waals surface area (Å²) in [6.45, 7) is 4.16. The van der Waals surface area contributed by atoms with Crippen molar-refractivity contribution in [3.8, 4) is 23.1 Å². The van der Waals surface area contributed by atoms with Gasteiger partial charge in [0.05, 0.1) is 25.7 Å². The molecule has 6 rings (SSSR count). The van der Waals surface area contributed by atoms with E-state index in [1.807, 2.05) is 60.7 Å². The number of amidine groups is 1. The van der Waals surface area contributed by atoms with Gasteiger partial charge in [-0.2, -0.15) is 0 Å². The van der Waals surface area contributed by atoms with Gasteiger partial charge in [-0.3, -0.25) is 4.79 Å². The van der Waals surface area contributed by atoms with Gasteiger partial charge in [-0.25, -0.2) is 15.0 Å². The number of allylic oxidation sites excluding steroid dienone is 2. The number of fused-ring (bicyclic) bond motifs is 2. The lowest BCUT2D eigenvalue weighted by Gasteiger charge is -2.38. The summed E-state index contributed by atoms with van der Waals surface area (Å²) >= 11 is 0. The molecule has 2 aliphatic rings. The third-order valence-electron chi connectivity index (χ3n) is 7.60. The number of methoxy groups -OCH3 is 2. The van der Waals surface area contributed by atoms with Gasteiger partial charge in [0, 0.05) is 18.4 Å². The lowest BCUT2D eigenvalue weighted by atomic mass is 9.70. The number of ether oxygens (including phenoxy) is 4. The highest BCUT2D eigenvalue weighted by Gasteiger charge is 2.44. The molecular weight excluding hydrogens is 532 g/mol. The van der Waals surface area contributed by atoms with Gasteiger partial charge in [0.2, 0.25) is 5.88 Å². The second-order valence-corrected chi connectivity index (χ2v) is 11.2. The smallest absolute Gasteiger partial charge is 0.228 e. The molecule has 4 aromatic rings. The van der Waals surface area contributed by atoms with Crippen molar-refractivity contribution in [2.75, 3.05) is 20.8 Å². The number of nitrogens with zero attached hydrogens (tertiary/aromatic N) is 3. The summed E-state index contributed by atoms with van der Waals surface area (Å²) in [4.78, 5) is 27.2. The second-order valence-electron chi connectivity index (χ2n) is 11.2. The average Bonchev–Trinajstić information content (AvgIpc) is 2.98. The van der Waals surface area contributed by atoms with Gasteiger partial charge in [0.25, 0.3) is 0 Å². The van der Waals surface area contributed by atoms with E-state index in [2.05, 4.69) is 28.8 Å². The molecule has 1 aromatic heterocycles. The molecule has 2 N–H and O–H groups in total. The second kappa shape index (κ2) is 10.8. The van der Waals surface area contributed by atoms with Gasteiger partial charge in [-0.15, -0.1) is 0 Å². The third kappa shape index (κ3) is 5.13. The number of carbonyl (C=O) groups is 1. The molecule has 9 heteroatoms. The lowest BCUT2D eigenvalue weighted by Crippen LogP contribution is -2.33. The molecule has 1 unspecified atom stereocenters. The van der Waals surface area contributed by atoms with Crippen molar-refractivity contribution in [3.05, 3.63) is 89.5 Å². The van der Waals surface area contributed by atoms with Crippen LogP contribution in [0.3, 0.4) is 0 Å². The maximum atomic E-state index is 13.7. The molecular formula is C33H32N4O5. The average molecular weight is 565 g/mol. The number of hydrogen-bond acceptors (Lipinski definition) is 8. The van der Waals surface area contributed by atoms with E-state index in [-0.39, 0.29) is 23.6 Å². The van der Waals surface area contributed by atoms with E-state index in [9.17, 15) is 4.79 Å². The summed E-state index contributed by atoms with van der Waals surface area (Å²) in [7, 11) is 3.16. The summed E-state index contributed by atoms with van der Waals surface area (Å²) in [6.07, 6.45) is 2.38. The number of aliphatic imine (C=N–C) groups is 1. The van der Waals surface area contributed by atoms with Gasteiger partial charge in [-0.05, 0) is 46.0 Å². The van der Waals surface area contributed by atoms with Crippen LogP contribution in [0, 0.1) is 5.41 Å². The van der Waals surface area contributed by atoms with E-state index in [1.54, 1.807) is 14.2 Å². The number of Topliss-reactive ketones (excluding diaryl/α,β-unsaturated/α-hetero) is 1. The Morgan fingerprint density at radius 2 is 1.79 bits per heavy atom. The minimum atomic E-state index is -0.540. The van der Waals surface area contributed by atoms with E-state index in [0.717, 1.165) is 16.3 Å². The molecule has 214 valence electrons. The van der Waals surface area contributed by atoms with Crippen LogP contribution in [0.15, 0.2) is 83.3 Å². The van der Waals surface area contributed by atoms with Crippen LogP contribution in [0.5, 0.6) is 23.1 Å². The molecule has 3 aromatic carbocycles. The Bertz CT molecular complexity index is 1760. The predicted octanol–water partition coefficient (Wildman–Crippen LogP) is 5.88. The van der Waals surface area contributed by atoms with Crippen molar-refractivity contribution in [1.82, 2.24) is 9.97 Å². The van der Waals surface area contributed by atoms with E-state index in [1.165, 1.54) is 6.33 Å². The van der Waals surface area contributed by atoms with Crippen LogP contribution in [0.4, 0.5) is 5.82 Å². The minimum absolute atomic E-state index is 0.0121. The van der Waals surface area contributed by atoms with Gasteiger partial charge >= 0.3 is 0 Å². The zero-order chi connectivity index (χ0) is 29.4. The Hall–Kier alpha value is -4.92. The van der Waals surface area contributed by atoms with Crippen LogP contribution in [0.1, 0.15) is 43.7 Å². The number of hydrogen-bond donors (Lipinski definition) is 1. The molecule has 42 heavy (non-hydrogen) atoms. The van der Waals surface area contributed by atoms with Crippen LogP contribution < -0.4 is 24.7 Å². The fraction of sp³-hybridized carbons (Fsp3) is 0.273. The van der Waals surface area contributed by atoms with E-state index < -0.39 is 5.92 Å². The minimum Gasteiger partial charge on any atom is -0.493 e. The monoisotopic (exact) mass is 564 g/mol.